The van der Waals surface area contributed by atoms with Crippen molar-refractivity contribution in [2.75, 3.05) is 19.7 Å². The molecule has 0 aliphatic carbocycles. The standard InChI is InChI=1S/C20H24N2O4S/c1-3-18(23)15-7-9-16(10-8-15)26-14-20(25)22(4-2)13-19(24)21-12-17-6-5-11-27-17/h5-11H,3-4,12-14H2,1-2H3,(H,21,24). The average molecular weight is 388 g/mol. The number of nitrogens with one attached hydrogen (secondary N) is 1. The Morgan fingerprint density at radius 1 is 1.11 bits per heavy atom. The van der Waals surface area contributed by atoms with Gasteiger partial charge in [0.1, 0.15) is 5.75 Å². The van der Waals surface area contributed by atoms with E-state index in [9.17, 15) is 14.4 Å². The Balaban J connectivity index is 1.79. The third kappa shape index (κ3) is 6.53. The average Bonchev–Trinajstić information content (AvgIpc) is 3.22. The van der Waals surface area contributed by atoms with Gasteiger partial charge in [-0.2, -0.15) is 0 Å². The predicted molar refractivity (Wildman–Crippen MR) is 105 cm³/mol. The Labute approximate surface area is 163 Å². The molecule has 1 N–H and O–H groups in total. The summed E-state index contributed by atoms with van der Waals surface area (Å²) in [6.45, 7) is 4.33. The molecule has 144 valence electrons. The normalized spacial score (nSPS) is 10.3. The fraction of sp³-hybridized carbons (Fsp3) is 0.350. The van der Waals surface area contributed by atoms with Crippen LogP contribution in [0.4, 0.5) is 0 Å². The molecule has 0 radical (unpaired) electrons. The molecular formula is C20H24N2O4S. The Morgan fingerprint density at radius 3 is 2.44 bits per heavy atom. The quantitative estimate of drug-likeness (QED) is 0.635. The van der Waals surface area contributed by atoms with Gasteiger partial charge in [-0.25, -0.2) is 0 Å². The molecule has 27 heavy (non-hydrogen) atoms. The van der Waals surface area contributed by atoms with Crippen molar-refractivity contribution in [2.24, 2.45) is 0 Å². The van der Waals surface area contributed by atoms with E-state index >= 15 is 0 Å². The van der Waals surface area contributed by atoms with E-state index in [0.717, 1.165) is 4.88 Å². The second kappa shape index (κ2) is 10.5. The van der Waals surface area contributed by atoms with Gasteiger partial charge < -0.3 is 15.0 Å². The van der Waals surface area contributed by atoms with Gasteiger partial charge >= 0.3 is 0 Å². The maximum Gasteiger partial charge on any atom is 0.260 e. The van der Waals surface area contributed by atoms with E-state index < -0.39 is 0 Å². The van der Waals surface area contributed by atoms with Gasteiger partial charge in [0.25, 0.3) is 5.91 Å². The second-order valence-electron chi connectivity index (χ2n) is 5.85. The molecule has 1 aromatic heterocycles. The van der Waals surface area contributed by atoms with Gasteiger partial charge in [0.05, 0.1) is 13.1 Å². The summed E-state index contributed by atoms with van der Waals surface area (Å²) in [5.74, 6) is 0.0936. The van der Waals surface area contributed by atoms with Crippen LogP contribution in [0.2, 0.25) is 0 Å². The number of ketones is 1. The number of hydrogen-bond acceptors (Lipinski definition) is 5. The van der Waals surface area contributed by atoms with Gasteiger partial charge in [-0.1, -0.05) is 13.0 Å². The van der Waals surface area contributed by atoms with Gasteiger partial charge in [0.15, 0.2) is 12.4 Å². The van der Waals surface area contributed by atoms with Crippen LogP contribution in [0.5, 0.6) is 5.75 Å². The summed E-state index contributed by atoms with van der Waals surface area (Å²) in [7, 11) is 0. The summed E-state index contributed by atoms with van der Waals surface area (Å²) in [4.78, 5) is 38.5. The number of amides is 2. The highest BCUT2D eigenvalue weighted by Crippen LogP contribution is 2.13. The van der Waals surface area contributed by atoms with Crippen LogP contribution in [-0.4, -0.2) is 42.2 Å². The molecule has 6 nitrogen and oxygen atoms in total. The molecule has 0 unspecified atom stereocenters. The van der Waals surface area contributed by atoms with Crippen molar-refractivity contribution in [1.29, 1.82) is 0 Å². The van der Waals surface area contributed by atoms with E-state index in [1.807, 2.05) is 24.4 Å². The number of hydrogen-bond donors (Lipinski definition) is 1. The zero-order chi connectivity index (χ0) is 19.6. The van der Waals surface area contributed by atoms with E-state index in [-0.39, 0.29) is 30.7 Å². The minimum absolute atomic E-state index is 0.00594. The number of rotatable bonds is 10. The number of carbonyl (C=O) groups excluding carboxylic acids is 3. The molecular weight excluding hydrogens is 364 g/mol. The molecule has 0 saturated heterocycles. The van der Waals surface area contributed by atoms with E-state index in [1.54, 1.807) is 42.5 Å². The van der Waals surface area contributed by atoms with Gasteiger partial charge in [-0.15, -0.1) is 11.3 Å². The van der Waals surface area contributed by atoms with Crippen LogP contribution in [-0.2, 0) is 16.1 Å². The lowest BCUT2D eigenvalue weighted by Crippen LogP contribution is -2.42. The zero-order valence-electron chi connectivity index (χ0n) is 15.6. The van der Waals surface area contributed by atoms with Crippen LogP contribution in [0.15, 0.2) is 41.8 Å². The summed E-state index contributed by atoms with van der Waals surface area (Å²) in [6, 6.07) is 10.6. The predicted octanol–water partition coefficient (Wildman–Crippen LogP) is 2.88. The third-order valence-electron chi connectivity index (χ3n) is 3.97. The van der Waals surface area contributed by atoms with Crippen molar-refractivity contribution in [1.82, 2.24) is 10.2 Å². The van der Waals surface area contributed by atoms with Gasteiger partial charge in [-0.3, -0.25) is 14.4 Å². The number of thiophene rings is 1. The van der Waals surface area contributed by atoms with Crippen molar-refractivity contribution in [3.05, 3.63) is 52.2 Å². The smallest absolute Gasteiger partial charge is 0.260 e. The Kier molecular flexibility index (Phi) is 8.00. The lowest BCUT2D eigenvalue weighted by atomic mass is 10.1. The van der Waals surface area contributed by atoms with E-state index in [0.29, 0.717) is 30.8 Å². The van der Waals surface area contributed by atoms with Crippen LogP contribution in [0.3, 0.4) is 0 Å². The van der Waals surface area contributed by atoms with Crippen LogP contribution in [0.1, 0.15) is 35.5 Å². The minimum atomic E-state index is -0.266. The van der Waals surface area contributed by atoms with E-state index in [4.69, 9.17) is 4.74 Å². The van der Waals surface area contributed by atoms with E-state index in [1.165, 1.54) is 4.90 Å². The lowest BCUT2D eigenvalue weighted by molar-refractivity contribution is -0.137. The minimum Gasteiger partial charge on any atom is -0.484 e. The van der Waals surface area contributed by atoms with Crippen LogP contribution in [0, 0.1) is 0 Å². The van der Waals surface area contributed by atoms with Crippen molar-refractivity contribution < 1.29 is 19.1 Å². The zero-order valence-corrected chi connectivity index (χ0v) is 16.4. The molecule has 1 aromatic carbocycles. The number of carbonyl (C=O) groups is 3. The molecule has 0 fully saturated rings. The number of Topliss-reactive ketones (excluding diaryl/α,β-unsaturated/α-hetero) is 1. The van der Waals surface area contributed by atoms with Crippen molar-refractivity contribution >= 4 is 28.9 Å². The summed E-state index contributed by atoms with van der Waals surface area (Å²) in [5.41, 5.74) is 0.619. The number of ether oxygens (including phenoxy) is 1. The highest BCUT2D eigenvalue weighted by atomic mass is 32.1. The van der Waals surface area contributed by atoms with Crippen molar-refractivity contribution in [2.45, 2.75) is 26.8 Å². The molecule has 2 aromatic rings. The molecule has 0 saturated carbocycles. The van der Waals surface area contributed by atoms with Crippen molar-refractivity contribution in [3.8, 4) is 5.75 Å². The van der Waals surface area contributed by atoms with Gasteiger partial charge in [-0.05, 0) is 42.6 Å². The summed E-state index contributed by atoms with van der Waals surface area (Å²) >= 11 is 1.57. The topological polar surface area (TPSA) is 75.7 Å². The summed E-state index contributed by atoms with van der Waals surface area (Å²) in [6.07, 6.45) is 0.443. The molecule has 1 heterocycles. The first-order chi connectivity index (χ1) is 13.0. The fourth-order valence-corrected chi connectivity index (χ4v) is 3.03. The molecule has 0 bridgehead atoms. The molecule has 0 spiro atoms. The number of nitrogens with zero attached hydrogens (tertiary/aromatic N) is 1. The number of benzene rings is 1. The third-order valence-corrected chi connectivity index (χ3v) is 4.84. The van der Waals surface area contributed by atoms with Crippen LogP contribution in [0.25, 0.3) is 0 Å². The molecule has 2 amide bonds. The lowest BCUT2D eigenvalue weighted by Gasteiger charge is -2.20. The van der Waals surface area contributed by atoms with Gasteiger partial charge in [0.2, 0.25) is 5.91 Å². The molecule has 0 atom stereocenters. The number of likely N-dealkylation sites (N-methyl/N-ethyl adjacent to an activating group) is 1. The molecule has 2 rings (SSSR count). The summed E-state index contributed by atoms with van der Waals surface area (Å²) in [5, 5.41) is 4.76. The van der Waals surface area contributed by atoms with Crippen LogP contribution >= 0.6 is 11.3 Å². The fourth-order valence-electron chi connectivity index (χ4n) is 2.38. The molecule has 7 heteroatoms. The second-order valence-corrected chi connectivity index (χ2v) is 6.89. The summed E-state index contributed by atoms with van der Waals surface area (Å²) < 4.78 is 5.49. The largest absolute Gasteiger partial charge is 0.484 e. The molecule has 0 aliphatic rings. The Bertz CT molecular complexity index is 757. The first-order valence-corrected chi connectivity index (χ1v) is 9.74. The first-order valence-electron chi connectivity index (χ1n) is 8.86. The highest BCUT2D eigenvalue weighted by molar-refractivity contribution is 7.09. The highest BCUT2D eigenvalue weighted by Gasteiger charge is 2.16. The van der Waals surface area contributed by atoms with Crippen molar-refractivity contribution in [3.63, 3.8) is 0 Å². The SMILES string of the molecule is CCC(=O)c1ccc(OCC(=O)N(CC)CC(=O)NCc2cccs2)cc1. The monoisotopic (exact) mass is 388 g/mol. The van der Waals surface area contributed by atoms with Gasteiger partial charge in [0, 0.05) is 23.4 Å². The maximum absolute atomic E-state index is 12.3. The Hall–Kier alpha value is -2.67. The molecule has 0 aliphatic heterocycles. The first kappa shape index (κ1) is 20.6. The van der Waals surface area contributed by atoms with E-state index in [2.05, 4.69) is 5.32 Å². The van der Waals surface area contributed by atoms with Crippen LogP contribution < -0.4 is 10.1 Å². The maximum atomic E-state index is 12.3. The Morgan fingerprint density at radius 2 is 1.85 bits per heavy atom.